The van der Waals surface area contributed by atoms with Crippen LogP contribution in [0.2, 0.25) is 0 Å². The summed E-state index contributed by atoms with van der Waals surface area (Å²) >= 11 is 0. The van der Waals surface area contributed by atoms with E-state index in [1.165, 1.54) is 6.92 Å². The molecule has 0 bridgehead atoms. The normalized spacial score (nSPS) is 6.48. The van der Waals surface area contributed by atoms with Crippen molar-refractivity contribution in [2.75, 3.05) is 47.7 Å². The average Bonchev–Trinajstić information content (AvgIpc) is 2.43. The summed E-state index contributed by atoms with van der Waals surface area (Å²) in [6, 6.07) is 0. The van der Waals surface area contributed by atoms with Gasteiger partial charge in [-0.1, -0.05) is 29.7 Å². The van der Waals surface area contributed by atoms with E-state index in [4.69, 9.17) is 0 Å². The van der Waals surface area contributed by atoms with Gasteiger partial charge >= 0.3 is 6.18 Å². The van der Waals surface area contributed by atoms with Crippen LogP contribution in [-0.2, 0) is 0 Å². The van der Waals surface area contributed by atoms with E-state index in [0.29, 0.717) is 7.18 Å². The average molecular weight is 418 g/mol. The molecule has 0 amide bonds. The lowest BCUT2D eigenvalue weighted by atomic mass is 10.8. The fourth-order valence-corrected chi connectivity index (χ4v) is 0. The molecule has 12 heteroatoms. The van der Waals surface area contributed by atoms with E-state index in [1.54, 1.807) is 0 Å². The van der Waals surface area contributed by atoms with E-state index in [2.05, 4.69) is 0 Å². The monoisotopic (exact) mass is 418 g/mol. The molecule has 0 aromatic rings. The van der Waals surface area contributed by atoms with Crippen LogP contribution in [0, 0.1) is 0 Å². The molecule has 0 atom stereocenters. The Morgan fingerprint density at radius 1 is 0.560 bits per heavy atom. The molecule has 0 N–H and O–H groups in total. The van der Waals surface area contributed by atoms with Crippen LogP contribution in [0.25, 0.3) is 0 Å². The van der Waals surface area contributed by atoms with Gasteiger partial charge in [0.15, 0.2) is 6.67 Å². The van der Waals surface area contributed by atoms with Crippen LogP contribution in [0.3, 0.4) is 0 Å². The maximum Gasteiger partial charge on any atom is 0.416 e. The van der Waals surface area contributed by atoms with Gasteiger partial charge in [-0.05, 0) is 6.92 Å². The lowest BCUT2D eigenvalue weighted by Crippen LogP contribution is -2.08. The van der Waals surface area contributed by atoms with Crippen LogP contribution in [-0.4, -0.2) is 53.9 Å². The third-order valence-corrected chi connectivity index (χ3v) is 0.223. The number of hydrogen-bond acceptors (Lipinski definition) is 0. The Hall–Kier alpha value is -0.840. The van der Waals surface area contributed by atoms with Gasteiger partial charge in [-0.25, -0.2) is 30.7 Å². The quantitative estimate of drug-likeness (QED) is 0.376. The molecule has 0 aromatic carbocycles. The molecule has 0 unspecified atom stereocenters. The van der Waals surface area contributed by atoms with Gasteiger partial charge in [0.25, 0.3) is 0 Å². The third-order valence-electron chi connectivity index (χ3n) is 0.223. The Labute approximate surface area is 144 Å². The smallest absolute Gasteiger partial charge is 0.255 e. The predicted octanol–water partition coefficient (Wildman–Crippen LogP) is 8.32. The molecule has 0 fully saturated rings. The van der Waals surface area contributed by atoms with Crippen LogP contribution in [0.5, 0.6) is 0 Å². The van der Waals surface area contributed by atoms with Crippen molar-refractivity contribution in [2.45, 2.75) is 42.8 Å². The second-order valence-corrected chi connectivity index (χ2v) is 1.60. The second-order valence-electron chi connectivity index (χ2n) is 1.60. The maximum atomic E-state index is 10.4. The van der Waals surface area contributed by atoms with Crippen molar-refractivity contribution in [3.63, 3.8) is 0 Å². The Balaban J connectivity index is -0.0000000135. The first kappa shape index (κ1) is 64.6. The van der Waals surface area contributed by atoms with E-state index in [1.807, 2.05) is 0 Å². The molecule has 0 rings (SSSR count). The molecule has 25 heavy (non-hydrogen) atoms. The lowest BCUT2D eigenvalue weighted by molar-refractivity contribution is -0.142. The second kappa shape index (κ2) is 91.3. The molecule has 0 aromatic heterocycles. The SMILES string of the molecule is C.C.C.C.CCF.CF.FCC(F)(F)F.FCCF.FCF.FCF. The van der Waals surface area contributed by atoms with E-state index in [9.17, 15) is 52.7 Å². The number of halogens is 12. The highest BCUT2D eigenvalue weighted by atomic mass is 19.4. The first-order valence-electron chi connectivity index (χ1n) is 4.64. The minimum atomic E-state index is -4.62. The topological polar surface area (TPSA) is 0 Å². The summed E-state index contributed by atoms with van der Waals surface area (Å²) in [5, 5.41) is 0. The van der Waals surface area contributed by atoms with Gasteiger partial charge in [0.05, 0.1) is 13.9 Å². The number of rotatable bonds is 1. The molecule has 0 radical (unpaired) electrons. The summed E-state index contributed by atoms with van der Waals surface area (Å²) in [6.45, 7) is -6.22. The van der Waals surface area contributed by atoms with Crippen molar-refractivity contribution in [1.29, 1.82) is 0 Å². The Morgan fingerprint density at radius 3 is 0.640 bits per heavy atom. The summed E-state index contributed by atoms with van der Waals surface area (Å²) in [6.07, 6.45) is -4.62. The summed E-state index contributed by atoms with van der Waals surface area (Å²) in [4.78, 5) is 0. The highest BCUT2D eigenvalue weighted by Gasteiger charge is 2.26. The van der Waals surface area contributed by atoms with Crippen molar-refractivity contribution in [2.24, 2.45) is 0 Å². The van der Waals surface area contributed by atoms with Crippen molar-refractivity contribution < 1.29 is 52.7 Å². The summed E-state index contributed by atoms with van der Waals surface area (Å²) < 4.78 is 121. The molecule has 0 saturated carbocycles. The zero-order valence-corrected chi connectivity index (χ0v) is 11.3. The number of hydrogen-bond donors (Lipinski definition) is 0. The summed E-state index contributed by atoms with van der Waals surface area (Å²) in [7, 11) is 0.500. The van der Waals surface area contributed by atoms with Crippen LogP contribution < -0.4 is 0 Å². The molecule has 0 saturated heterocycles. The van der Waals surface area contributed by atoms with Crippen LogP contribution in [0.1, 0.15) is 36.6 Å². The molecule has 0 aliphatic heterocycles. The molecule has 0 aliphatic carbocycles. The molecule has 170 valence electrons. The van der Waals surface area contributed by atoms with Crippen molar-refractivity contribution in [3.05, 3.63) is 0 Å². The van der Waals surface area contributed by atoms with E-state index >= 15 is 0 Å². The van der Waals surface area contributed by atoms with E-state index in [0.717, 1.165) is 0 Å². The minimum Gasteiger partial charge on any atom is -0.255 e. The number of alkyl halides is 12. The minimum absolute atomic E-state index is 0. The van der Waals surface area contributed by atoms with Crippen molar-refractivity contribution in [3.8, 4) is 0 Å². The van der Waals surface area contributed by atoms with Gasteiger partial charge in [0, 0.05) is 0 Å². The lowest BCUT2D eigenvalue weighted by Gasteiger charge is -1.93. The Morgan fingerprint density at radius 2 is 0.640 bits per heavy atom. The van der Waals surface area contributed by atoms with Crippen molar-refractivity contribution in [1.82, 2.24) is 0 Å². The molecule has 0 heterocycles. The van der Waals surface area contributed by atoms with Gasteiger partial charge in [-0.2, -0.15) is 13.2 Å². The van der Waals surface area contributed by atoms with Gasteiger partial charge in [0.2, 0.25) is 13.9 Å². The summed E-state index contributed by atoms with van der Waals surface area (Å²) in [5.74, 6) is 0. The Kier molecular flexibility index (Phi) is 236. The zero-order chi connectivity index (χ0) is 18.7. The van der Waals surface area contributed by atoms with Gasteiger partial charge in [-0.3, -0.25) is 8.78 Å². The molecular formula is C13H34F12. The van der Waals surface area contributed by atoms with Crippen LogP contribution in [0.15, 0.2) is 0 Å². The molecular weight excluding hydrogens is 384 g/mol. The van der Waals surface area contributed by atoms with E-state index < -0.39 is 40.1 Å². The zero-order valence-electron chi connectivity index (χ0n) is 11.3. The fraction of sp³-hybridized carbons (Fsp3) is 1.00. The van der Waals surface area contributed by atoms with Crippen LogP contribution >= 0.6 is 0 Å². The molecule has 0 nitrogen and oxygen atoms in total. The van der Waals surface area contributed by atoms with Gasteiger partial charge in [0.1, 0.15) is 13.3 Å². The largest absolute Gasteiger partial charge is 0.416 e. The van der Waals surface area contributed by atoms with Gasteiger partial charge < -0.3 is 0 Å². The predicted molar refractivity (Wildman–Crippen MR) is 83.8 cm³/mol. The van der Waals surface area contributed by atoms with Gasteiger partial charge in [-0.15, -0.1) is 0 Å². The highest BCUT2D eigenvalue weighted by molar-refractivity contribution is 4.39. The summed E-state index contributed by atoms with van der Waals surface area (Å²) in [5.41, 5.74) is 0. The third kappa shape index (κ3) is 1040. The first-order chi connectivity index (χ1) is 9.72. The first-order valence-corrected chi connectivity index (χ1v) is 4.64. The Bertz CT molecular complexity index is 94.7. The highest BCUT2D eigenvalue weighted by Crippen LogP contribution is 2.13. The molecule has 0 spiro atoms. The molecule has 0 aliphatic rings. The maximum absolute atomic E-state index is 10.4. The standard InChI is InChI=1S/C2H2F4.C2H4F2.C2H5F.2CH2F2.CH3F.4CH4/c3-1-2(4,5)6;3-1-2-4;1-2-3;2*2-1-3;1-2;;;;/h1H2;1-2H2;2H2,1H3;2*1H2;1H3;4*1H4. The van der Waals surface area contributed by atoms with Crippen LogP contribution in [0.4, 0.5) is 52.7 Å². The van der Waals surface area contributed by atoms with E-state index in [-0.39, 0.29) is 36.4 Å². The van der Waals surface area contributed by atoms with Crippen molar-refractivity contribution >= 4 is 0 Å². The fourth-order valence-electron chi connectivity index (χ4n) is 0.